The second-order valence-corrected chi connectivity index (χ2v) is 4.76. The number of carboxylic acids is 1. The zero-order valence-corrected chi connectivity index (χ0v) is 11.2. The first-order valence-electron chi connectivity index (χ1n) is 6.29. The number of hydrogen-bond donors (Lipinski definition) is 1. The van der Waals surface area contributed by atoms with E-state index < -0.39 is 23.6 Å². The third-order valence-corrected chi connectivity index (χ3v) is 3.33. The predicted molar refractivity (Wildman–Crippen MR) is 72.9 cm³/mol. The maximum Gasteiger partial charge on any atom is 0.416 e. The van der Waals surface area contributed by atoms with E-state index in [1.807, 2.05) is 0 Å². The van der Waals surface area contributed by atoms with Crippen molar-refractivity contribution >= 4 is 5.97 Å². The minimum absolute atomic E-state index is 0.619. The Morgan fingerprint density at radius 1 is 0.952 bits per heavy atom. The molecule has 2 aromatic rings. The van der Waals surface area contributed by atoms with E-state index in [2.05, 4.69) is 0 Å². The van der Waals surface area contributed by atoms with Crippen molar-refractivity contribution in [2.75, 3.05) is 0 Å². The first-order chi connectivity index (χ1) is 9.79. The summed E-state index contributed by atoms with van der Waals surface area (Å²) in [5, 5.41) is 8.92. The van der Waals surface area contributed by atoms with Crippen LogP contribution in [0, 0.1) is 0 Å². The van der Waals surface area contributed by atoms with Gasteiger partial charge in [-0.25, -0.2) is 0 Å². The largest absolute Gasteiger partial charge is 0.481 e. The fraction of sp³-hybridized carbons (Fsp3) is 0.188. The van der Waals surface area contributed by atoms with Gasteiger partial charge < -0.3 is 5.11 Å². The molecule has 21 heavy (non-hydrogen) atoms. The third-order valence-electron chi connectivity index (χ3n) is 3.33. The molecule has 0 aromatic heterocycles. The molecule has 0 saturated carbocycles. The Balaban J connectivity index is 2.25. The van der Waals surface area contributed by atoms with Crippen molar-refractivity contribution in [3.05, 3.63) is 59.7 Å². The van der Waals surface area contributed by atoms with Crippen LogP contribution in [0.3, 0.4) is 0 Å². The van der Waals surface area contributed by atoms with E-state index in [-0.39, 0.29) is 0 Å². The first kappa shape index (κ1) is 15.1. The van der Waals surface area contributed by atoms with Gasteiger partial charge in [-0.2, -0.15) is 13.2 Å². The van der Waals surface area contributed by atoms with Crippen molar-refractivity contribution in [1.29, 1.82) is 0 Å². The van der Waals surface area contributed by atoms with Gasteiger partial charge in [0.25, 0.3) is 0 Å². The van der Waals surface area contributed by atoms with Gasteiger partial charge in [-0.15, -0.1) is 0 Å². The van der Waals surface area contributed by atoms with Gasteiger partial charge in [0.15, 0.2) is 0 Å². The molecule has 0 unspecified atom stereocenters. The summed E-state index contributed by atoms with van der Waals surface area (Å²) in [4.78, 5) is 10.9. The van der Waals surface area contributed by atoms with Crippen LogP contribution in [-0.2, 0) is 11.0 Å². The number of halogens is 3. The molecule has 0 fully saturated rings. The van der Waals surface area contributed by atoms with Crippen LogP contribution in [0.15, 0.2) is 48.5 Å². The van der Waals surface area contributed by atoms with E-state index in [1.54, 1.807) is 31.2 Å². The Morgan fingerprint density at radius 2 is 1.38 bits per heavy atom. The quantitative estimate of drug-likeness (QED) is 0.901. The zero-order valence-electron chi connectivity index (χ0n) is 11.2. The third kappa shape index (κ3) is 3.42. The second kappa shape index (κ2) is 5.60. The highest BCUT2D eigenvalue weighted by molar-refractivity contribution is 5.76. The summed E-state index contributed by atoms with van der Waals surface area (Å²) in [6, 6.07) is 11.6. The molecule has 110 valence electrons. The molecular weight excluding hydrogens is 281 g/mol. The number of carbonyl (C=O) groups is 1. The van der Waals surface area contributed by atoms with Crippen molar-refractivity contribution in [3.8, 4) is 11.1 Å². The van der Waals surface area contributed by atoms with Crippen LogP contribution in [0.4, 0.5) is 13.2 Å². The smallest absolute Gasteiger partial charge is 0.416 e. The summed E-state index contributed by atoms with van der Waals surface area (Å²) in [6.45, 7) is 1.58. The summed E-state index contributed by atoms with van der Waals surface area (Å²) >= 11 is 0. The highest BCUT2D eigenvalue weighted by atomic mass is 19.4. The molecule has 0 amide bonds. The van der Waals surface area contributed by atoms with Crippen LogP contribution < -0.4 is 0 Å². The Bertz CT molecular complexity index is 628. The van der Waals surface area contributed by atoms with Gasteiger partial charge >= 0.3 is 12.1 Å². The van der Waals surface area contributed by atoms with Crippen molar-refractivity contribution in [2.24, 2.45) is 0 Å². The van der Waals surface area contributed by atoms with E-state index in [9.17, 15) is 18.0 Å². The summed E-state index contributed by atoms with van der Waals surface area (Å²) in [5.74, 6) is -1.54. The van der Waals surface area contributed by atoms with E-state index >= 15 is 0 Å². The van der Waals surface area contributed by atoms with Crippen molar-refractivity contribution in [1.82, 2.24) is 0 Å². The number of carboxylic acid groups (broad SMARTS) is 1. The predicted octanol–water partition coefficient (Wildman–Crippen LogP) is 4.56. The minimum atomic E-state index is -4.35. The number of aliphatic carboxylic acids is 1. The van der Waals surface area contributed by atoms with Crippen LogP contribution in [0.5, 0.6) is 0 Å². The molecule has 1 N–H and O–H groups in total. The van der Waals surface area contributed by atoms with Crippen LogP contribution in [0.2, 0.25) is 0 Å². The molecular formula is C16H13F3O2. The molecule has 0 saturated heterocycles. The Morgan fingerprint density at radius 3 is 1.76 bits per heavy atom. The SMILES string of the molecule is C[C@@H](C(=O)O)c1ccc(-c2ccc(C(F)(F)F)cc2)cc1. The molecule has 0 aliphatic rings. The van der Waals surface area contributed by atoms with Gasteiger partial charge in [0.2, 0.25) is 0 Å². The molecule has 0 radical (unpaired) electrons. The lowest BCUT2D eigenvalue weighted by atomic mass is 9.97. The molecule has 0 bridgehead atoms. The fourth-order valence-corrected chi connectivity index (χ4v) is 1.96. The Kier molecular flexibility index (Phi) is 4.02. The highest BCUT2D eigenvalue weighted by Crippen LogP contribution is 2.31. The van der Waals surface area contributed by atoms with Crippen molar-refractivity contribution in [2.45, 2.75) is 19.0 Å². The summed E-state index contributed by atoms with van der Waals surface area (Å²) in [7, 11) is 0. The normalized spacial score (nSPS) is 13.0. The first-order valence-corrected chi connectivity index (χ1v) is 6.29. The van der Waals surface area contributed by atoms with Gasteiger partial charge in [-0.1, -0.05) is 36.4 Å². The lowest BCUT2D eigenvalue weighted by Gasteiger charge is -2.09. The van der Waals surface area contributed by atoms with Crippen molar-refractivity contribution < 1.29 is 23.1 Å². The van der Waals surface area contributed by atoms with Gasteiger partial charge in [-0.05, 0) is 35.7 Å². The minimum Gasteiger partial charge on any atom is -0.481 e. The molecule has 0 heterocycles. The number of benzene rings is 2. The van der Waals surface area contributed by atoms with E-state index in [4.69, 9.17) is 5.11 Å². The molecule has 2 nitrogen and oxygen atoms in total. The lowest BCUT2D eigenvalue weighted by molar-refractivity contribution is -0.138. The van der Waals surface area contributed by atoms with E-state index in [1.165, 1.54) is 12.1 Å². The fourth-order valence-electron chi connectivity index (χ4n) is 1.96. The number of alkyl halides is 3. The maximum absolute atomic E-state index is 12.5. The molecule has 1 atom stereocenters. The van der Waals surface area contributed by atoms with Crippen LogP contribution in [0.25, 0.3) is 11.1 Å². The zero-order chi connectivity index (χ0) is 15.6. The summed E-state index contributed by atoms with van der Waals surface area (Å²) in [5.41, 5.74) is 1.35. The van der Waals surface area contributed by atoms with Gasteiger partial charge in [0, 0.05) is 0 Å². The highest BCUT2D eigenvalue weighted by Gasteiger charge is 2.29. The number of rotatable bonds is 3. The lowest BCUT2D eigenvalue weighted by Crippen LogP contribution is -2.07. The van der Waals surface area contributed by atoms with Crippen LogP contribution >= 0.6 is 0 Å². The second-order valence-electron chi connectivity index (χ2n) is 4.76. The molecule has 0 spiro atoms. The topological polar surface area (TPSA) is 37.3 Å². The average Bonchev–Trinajstić information content (AvgIpc) is 2.46. The van der Waals surface area contributed by atoms with E-state index in [0.717, 1.165) is 17.7 Å². The monoisotopic (exact) mass is 294 g/mol. The maximum atomic E-state index is 12.5. The van der Waals surface area contributed by atoms with Crippen LogP contribution in [-0.4, -0.2) is 11.1 Å². The molecule has 5 heteroatoms. The standard InChI is InChI=1S/C16H13F3O2/c1-10(15(20)21)11-2-4-12(5-3-11)13-6-8-14(9-7-13)16(17,18)19/h2-10H,1H3,(H,20,21)/t10-/m1/s1. The molecule has 2 aromatic carbocycles. The molecule has 0 aliphatic carbocycles. The molecule has 0 aliphatic heterocycles. The van der Waals surface area contributed by atoms with Gasteiger partial charge in [0.05, 0.1) is 11.5 Å². The van der Waals surface area contributed by atoms with Crippen molar-refractivity contribution in [3.63, 3.8) is 0 Å². The number of hydrogen-bond acceptors (Lipinski definition) is 1. The Hall–Kier alpha value is -2.30. The average molecular weight is 294 g/mol. The van der Waals surface area contributed by atoms with Crippen LogP contribution in [0.1, 0.15) is 24.0 Å². The summed E-state index contributed by atoms with van der Waals surface area (Å²) < 4.78 is 37.5. The molecule has 2 rings (SSSR count). The van der Waals surface area contributed by atoms with Gasteiger partial charge in [-0.3, -0.25) is 4.79 Å². The summed E-state index contributed by atoms with van der Waals surface area (Å²) in [6.07, 6.45) is -4.35. The van der Waals surface area contributed by atoms with E-state index in [0.29, 0.717) is 11.1 Å². The Labute approximate surface area is 119 Å². The van der Waals surface area contributed by atoms with Gasteiger partial charge in [0.1, 0.15) is 0 Å².